The molecule has 1 aromatic rings. The van der Waals surface area contributed by atoms with Crippen LogP contribution in [0.5, 0.6) is 0 Å². The highest BCUT2D eigenvalue weighted by Gasteiger charge is 2.14. The topological polar surface area (TPSA) is 24.9 Å². The van der Waals surface area contributed by atoms with Crippen LogP contribution in [0.15, 0.2) is 0 Å². The Labute approximate surface area is 107 Å². The zero-order chi connectivity index (χ0) is 12.2. The SMILES string of the molecule is CCc1nc(CSC(C)(C)C)sc1CNC. The summed E-state index contributed by atoms with van der Waals surface area (Å²) >= 11 is 3.82. The highest BCUT2D eigenvalue weighted by Crippen LogP contribution is 2.30. The van der Waals surface area contributed by atoms with Crippen molar-refractivity contribution in [3.8, 4) is 0 Å². The minimum atomic E-state index is 0.321. The van der Waals surface area contributed by atoms with Gasteiger partial charge in [0, 0.05) is 21.9 Å². The van der Waals surface area contributed by atoms with Gasteiger partial charge in [-0.05, 0) is 13.5 Å². The van der Waals surface area contributed by atoms with E-state index in [2.05, 4.69) is 33.0 Å². The van der Waals surface area contributed by atoms with Crippen molar-refractivity contribution in [2.75, 3.05) is 7.05 Å². The van der Waals surface area contributed by atoms with E-state index in [1.165, 1.54) is 15.6 Å². The van der Waals surface area contributed by atoms with Gasteiger partial charge in [-0.15, -0.1) is 23.1 Å². The van der Waals surface area contributed by atoms with Crippen molar-refractivity contribution in [2.45, 2.75) is 51.2 Å². The Bertz CT molecular complexity index is 326. The molecule has 4 heteroatoms. The Kier molecular flexibility index (Phi) is 5.28. The van der Waals surface area contributed by atoms with Crippen LogP contribution >= 0.6 is 23.1 Å². The summed E-state index contributed by atoms with van der Waals surface area (Å²) in [5, 5.41) is 4.47. The van der Waals surface area contributed by atoms with Crippen molar-refractivity contribution < 1.29 is 0 Å². The van der Waals surface area contributed by atoms with Crippen molar-refractivity contribution in [2.24, 2.45) is 0 Å². The molecule has 0 atom stereocenters. The van der Waals surface area contributed by atoms with Gasteiger partial charge in [0.1, 0.15) is 5.01 Å². The number of rotatable bonds is 5. The van der Waals surface area contributed by atoms with E-state index in [9.17, 15) is 0 Å². The average molecular weight is 258 g/mol. The molecule has 0 saturated carbocycles. The van der Waals surface area contributed by atoms with E-state index in [0.717, 1.165) is 18.7 Å². The quantitative estimate of drug-likeness (QED) is 0.875. The van der Waals surface area contributed by atoms with E-state index in [1.54, 1.807) is 0 Å². The first-order valence-corrected chi connectivity index (χ1v) is 7.52. The summed E-state index contributed by atoms with van der Waals surface area (Å²) in [5.41, 5.74) is 1.27. The summed E-state index contributed by atoms with van der Waals surface area (Å²) in [6, 6.07) is 0. The largest absolute Gasteiger partial charge is 0.315 e. The predicted octanol–water partition coefficient (Wildman–Crippen LogP) is 3.46. The molecule has 0 aliphatic carbocycles. The molecule has 2 nitrogen and oxygen atoms in total. The molecule has 0 radical (unpaired) electrons. The number of aryl methyl sites for hydroxylation is 1. The molecular weight excluding hydrogens is 236 g/mol. The van der Waals surface area contributed by atoms with E-state index < -0.39 is 0 Å². The Balaban J connectivity index is 2.67. The molecule has 1 aromatic heterocycles. The van der Waals surface area contributed by atoms with Gasteiger partial charge in [-0.3, -0.25) is 0 Å². The van der Waals surface area contributed by atoms with Crippen molar-refractivity contribution in [3.05, 3.63) is 15.6 Å². The molecule has 0 amide bonds. The molecule has 0 spiro atoms. The van der Waals surface area contributed by atoms with E-state index in [4.69, 9.17) is 4.98 Å². The molecule has 0 aliphatic heterocycles. The molecule has 1 rings (SSSR count). The maximum atomic E-state index is 4.71. The van der Waals surface area contributed by atoms with Crippen LogP contribution in [0, 0.1) is 0 Å². The summed E-state index contributed by atoms with van der Waals surface area (Å²) in [6.07, 6.45) is 1.04. The Morgan fingerprint density at radius 1 is 1.38 bits per heavy atom. The molecule has 0 aromatic carbocycles. The molecule has 0 saturated heterocycles. The molecule has 0 unspecified atom stereocenters. The third kappa shape index (κ3) is 4.44. The fourth-order valence-corrected chi connectivity index (χ4v) is 3.35. The number of hydrogen-bond acceptors (Lipinski definition) is 4. The first-order chi connectivity index (χ1) is 7.46. The first kappa shape index (κ1) is 14.0. The van der Waals surface area contributed by atoms with Gasteiger partial charge in [0.2, 0.25) is 0 Å². The van der Waals surface area contributed by atoms with Gasteiger partial charge in [-0.2, -0.15) is 0 Å². The average Bonchev–Trinajstić information content (AvgIpc) is 2.57. The van der Waals surface area contributed by atoms with E-state index in [0.29, 0.717) is 4.75 Å². The summed E-state index contributed by atoms with van der Waals surface area (Å²) < 4.78 is 0.321. The van der Waals surface area contributed by atoms with Crippen LogP contribution in [0.25, 0.3) is 0 Å². The first-order valence-electron chi connectivity index (χ1n) is 5.72. The summed E-state index contributed by atoms with van der Waals surface area (Å²) in [5.74, 6) is 1.03. The molecule has 16 heavy (non-hydrogen) atoms. The van der Waals surface area contributed by atoms with E-state index in [1.807, 2.05) is 30.1 Å². The van der Waals surface area contributed by atoms with Crippen molar-refractivity contribution >= 4 is 23.1 Å². The molecular formula is C12H22N2S2. The number of hydrogen-bond donors (Lipinski definition) is 1. The standard InChI is InChI=1S/C12H22N2S2/c1-6-9-10(7-13-5)16-11(14-9)8-15-12(2,3)4/h13H,6-8H2,1-5H3. The maximum absolute atomic E-state index is 4.71. The Hall–Kier alpha value is -0.0600. The van der Waals surface area contributed by atoms with Gasteiger partial charge in [-0.25, -0.2) is 4.98 Å². The summed E-state index contributed by atoms with van der Waals surface area (Å²) in [4.78, 5) is 6.11. The third-order valence-corrected chi connectivity index (χ3v) is 4.69. The van der Waals surface area contributed by atoms with Crippen molar-refractivity contribution in [3.63, 3.8) is 0 Å². The second kappa shape index (κ2) is 6.03. The van der Waals surface area contributed by atoms with Gasteiger partial charge in [-0.1, -0.05) is 27.7 Å². The lowest BCUT2D eigenvalue weighted by atomic mass is 10.3. The lowest BCUT2D eigenvalue weighted by Crippen LogP contribution is -2.07. The minimum absolute atomic E-state index is 0.321. The number of nitrogens with one attached hydrogen (secondary N) is 1. The third-order valence-electron chi connectivity index (χ3n) is 2.12. The highest BCUT2D eigenvalue weighted by molar-refractivity contribution is 7.99. The van der Waals surface area contributed by atoms with E-state index in [-0.39, 0.29) is 0 Å². The zero-order valence-electron chi connectivity index (χ0n) is 10.9. The fourth-order valence-electron chi connectivity index (χ4n) is 1.35. The van der Waals surface area contributed by atoms with Crippen molar-refractivity contribution in [1.82, 2.24) is 10.3 Å². The molecule has 1 N–H and O–H groups in total. The fraction of sp³-hybridized carbons (Fsp3) is 0.750. The number of nitrogens with zero attached hydrogens (tertiary/aromatic N) is 1. The van der Waals surface area contributed by atoms with Crippen LogP contribution in [0.4, 0.5) is 0 Å². The Morgan fingerprint density at radius 3 is 2.56 bits per heavy atom. The molecule has 0 aliphatic rings. The van der Waals surface area contributed by atoms with Crippen LogP contribution in [0.2, 0.25) is 0 Å². The minimum Gasteiger partial charge on any atom is -0.315 e. The van der Waals surface area contributed by atoms with Gasteiger partial charge in [0.05, 0.1) is 5.69 Å². The van der Waals surface area contributed by atoms with Gasteiger partial charge < -0.3 is 5.32 Å². The maximum Gasteiger partial charge on any atom is 0.103 e. The lowest BCUT2D eigenvalue weighted by molar-refractivity contribution is 0.801. The van der Waals surface area contributed by atoms with E-state index >= 15 is 0 Å². The van der Waals surface area contributed by atoms with Crippen LogP contribution in [0.3, 0.4) is 0 Å². The summed E-state index contributed by atoms with van der Waals surface area (Å²) in [7, 11) is 1.99. The molecule has 0 fully saturated rings. The monoisotopic (exact) mass is 258 g/mol. The second-order valence-corrected chi connectivity index (χ2v) is 7.73. The Morgan fingerprint density at radius 2 is 2.06 bits per heavy atom. The normalized spacial score (nSPS) is 12.1. The van der Waals surface area contributed by atoms with Crippen LogP contribution in [-0.4, -0.2) is 16.8 Å². The van der Waals surface area contributed by atoms with Gasteiger partial charge in [0.15, 0.2) is 0 Å². The molecule has 92 valence electrons. The van der Waals surface area contributed by atoms with Gasteiger partial charge in [0.25, 0.3) is 0 Å². The summed E-state index contributed by atoms with van der Waals surface area (Å²) in [6.45, 7) is 9.87. The smallest absolute Gasteiger partial charge is 0.103 e. The molecule has 0 bridgehead atoms. The lowest BCUT2D eigenvalue weighted by Gasteiger charge is -2.16. The number of thiazole rings is 1. The number of aromatic nitrogens is 1. The van der Waals surface area contributed by atoms with Crippen LogP contribution < -0.4 is 5.32 Å². The zero-order valence-corrected chi connectivity index (χ0v) is 12.5. The van der Waals surface area contributed by atoms with Gasteiger partial charge >= 0.3 is 0 Å². The second-order valence-electron chi connectivity index (χ2n) is 4.76. The van der Waals surface area contributed by atoms with Crippen LogP contribution in [0.1, 0.15) is 43.3 Å². The van der Waals surface area contributed by atoms with Crippen molar-refractivity contribution in [1.29, 1.82) is 0 Å². The predicted molar refractivity (Wildman–Crippen MR) is 75.3 cm³/mol. The molecule has 1 heterocycles. The number of thioether (sulfide) groups is 1. The van der Waals surface area contributed by atoms with Crippen LogP contribution in [-0.2, 0) is 18.7 Å². The highest BCUT2D eigenvalue weighted by atomic mass is 32.2.